The first-order chi connectivity index (χ1) is 5.43. The Labute approximate surface area is 67.9 Å². The molecule has 0 amide bonds. The summed E-state index contributed by atoms with van der Waals surface area (Å²) in [5.41, 5.74) is 5.13. The number of hydrazine groups is 1. The summed E-state index contributed by atoms with van der Waals surface area (Å²) in [6.45, 7) is 3.26. The topological polar surface area (TPSA) is 64.1 Å². The van der Waals surface area contributed by atoms with E-state index in [-0.39, 0.29) is 12.1 Å². The summed E-state index contributed by atoms with van der Waals surface area (Å²) in [6.07, 6.45) is -3.32. The van der Waals surface area contributed by atoms with Crippen LogP contribution in [0.15, 0.2) is 24.0 Å². The third-order valence-electron chi connectivity index (χ3n) is 1.15. The molecule has 0 fully saturated rings. The first kappa shape index (κ1) is 10.8. The van der Waals surface area contributed by atoms with E-state index in [9.17, 15) is 13.2 Å². The van der Waals surface area contributed by atoms with Crippen LogP contribution in [0.3, 0.4) is 0 Å². The van der Waals surface area contributed by atoms with Crippen LogP contribution in [0, 0.1) is 0 Å². The third kappa shape index (κ3) is 2.83. The van der Waals surface area contributed by atoms with Crippen molar-refractivity contribution in [3.8, 4) is 0 Å². The van der Waals surface area contributed by atoms with Gasteiger partial charge in [0.15, 0.2) is 0 Å². The Morgan fingerprint density at radius 2 is 2.00 bits per heavy atom. The van der Waals surface area contributed by atoms with Gasteiger partial charge in [0.1, 0.15) is 5.70 Å². The number of allylic oxidation sites excluding steroid dienone is 2. The Morgan fingerprint density at radius 3 is 2.25 bits per heavy atom. The Balaban J connectivity index is 4.71. The van der Waals surface area contributed by atoms with Gasteiger partial charge < -0.3 is 11.2 Å². The quantitative estimate of drug-likeness (QED) is 0.342. The monoisotopic (exact) mass is 181 g/mol. The molecule has 0 heterocycles. The second-order valence-electron chi connectivity index (χ2n) is 2.03. The molecule has 0 saturated heterocycles. The molecule has 0 aromatic carbocycles. The number of hydrogen-bond acceptors (Lipinski definition) is 3. The van der Waals surface area contributed by atoms with E-state index in [1.54, 1.807) is 0 Å². The fraction of sp³-hybridized carbons (Fsp3) is 0.333. The summed E-state index contributed by atoms with van der Waals surface area (Å²) in [4.78, 5) is 0. The molecule has 70 valence electrons. The van der Waals surface area contributed by atoms with E-state index in [1.165, 1.54) is 6.08 Å². The van der Waals surface area contributed by atoms with E-state index in [4.69, 9.17) is 11.6 Å². The molecule has 0 aliphatic rings. The van der Waals surface area contributed by atoms with Gasteiger partial charge in [-0.1, -0.05) is 6.08 Å². The summed E-state index contributed by atoms with van der Waals surface area (Å²) in [5, 5.41) is 0. The smallest absolute Gasteiger partial charge is 0.393 e. The van der Waals surface area contributed by atoms with Crippen molar-refractivity contribution >= 4 is 0 Å². The Hall–Kier alpha value is -1.17. The molecule has 0 bridgehead atoms. The number of nitrogens with two attached hydrogens (primary N) is 2. The van der Waals surface area contributed by atoms with Crippen LogP contribution >= 0.6 is 0 Å². The SMILES string of the molecule is C=CC/C(NN)=C(/N)C(F)(F)F. The molecule has 0 aromatic heterocycles. The van der Waals surface area contributed by atoms with Gasteiger partial charge in [0.25, 0.3) is 0 Å². The van der Waals surface area contributed by atoms with E-state index < -0.39 is 11.9 Å². The Kier molecular flexibility index (Phi) is 3.62. The lowest BCUT2D eigenvalue weighted by Crippen LogP contribution is -2.30. The van der Waals surface area contributed by atoms with E-state index in [2.05, 4.69) is 6.58 Å². The lowest BCUT2D eigenvalue weighted by Gasteiger charge is -2.11. The van der Waals surface area contributed by atoms with Crippen LogP contribution in [0.25, 0.3) is 0 Å². The van der Waals surface area contributed by atoms with Gasteiger partial charge in [0.05, 0.1) is 5.70 Å². The van der Waals surface area contributed by atoms with E-state index in [0.717, 1.165) is 0 Å². The van der Waals surface area contributed by atoms with Crippen molar-refractivity contribution in [1.29, 1.82) is 0 Å². The second-order valence-corrected chi connectivity index (χ2v) is 2.03. The second kappa shape index (κ2) is 4.01. The Morgan fingerprint density at radius 1 is 1.50 bits per heavy atom. The minimum absolute atomic E-state index is 0.0398. The van der Waals surface area contributed by atoms with Crippen molar-refractivity contribution in [3.05, 3.63) is 24.0 Å². The summed E-state index contributed by atoms with van der Waals surface area (Å²) in [5.74, 6) is 4.82. The average Bonchev–Trinajstić information content (AvgIpc) is 1.97. The van der Waals surface area contributed by atoms with Crippen molar-refractivity contribution < 1.29 is 13.2 Å². The molecule has 6 heteroatoms. The number of alkyl halides is 3. The molecule has 3 nitrogen and oxygen atoms in total. The van der Waals surface area contributed by atoms with Gasteiger partial charge in [-0.05, 0) is 0 Å². The zero-order valence-electron chi connectivity index (χ0n) is 6.28. The zero-order valence-corrected chi connectivity index (χ0v) is 6.28. The number of hydrogen-bond donors (Lipinski definition) is 3. The van der Waals surface area contributed by atoms with Crippen LogP contribution in [-0.4, -0.2) is 6.18 Å². The largest absolute Gasteiger partial charge is 0.432 e. The number of rotatable bonds is 3. The van der Waals surface area contributed by atoms with Crippen LogP contribution in [-0.2, 0) is 0 Å². The lowest BCUT2D eigenvalue weighted by atomic mass is 10.2. The summed E-state index contributed by atoms with van der Waals surface area (Å²) in [6, 6.07) is 0. The maximum Gasteiger partial charge on any atom is 0.432 e. The van der Waals surface area contributed by atoms with Gasteiger partial charge in [-0.3, -0.25) is 5.84 Å². The highest BCUT2D eigenvalue weighted by molar-refractivity contribution is 5.15. The van der Waals surface area contributed by atoms with E-state index in [0.29, 0.717) is 0 Å². The van der Waals surface area contributed by atoms with Crippen molar-refractivity contribution in [2.24, 2.45) is 11.6 Å². The minimum atomic E-state index is -4.55. The van der Waals surface area contributed by atoms with Gasteiger partial charge >= 0.3 is 6.18 Å². The van der Waals surface area contributed by atoms with Crippen molar-refractivity contribution in [1.82, 2.24) is 5.43 Å². The van der Waals surface area contributed by atoms with Crippen LogP contribution in [0.1, 0.15) is 6.42 Å². The minimum Gasteiger partial charge on any atom is -0.393 e. The van der Waals surface area contributed by atoms with Crippen molar-refractivity contribution in [2.75, 3.05) is 0 Å². The van der Waals surface area contributed by atoms with Gasteiger partial charge in [-0.2, -0.15) is 13.2 Å². The molecule has 0 rings (SSSR count). The van der Waals surface area contributed by atoms with Crippen molar-refractivity contribution in [3.63, 3.8) is 0 Å². The highest BCUT2D eigenvalue weighted by Crippen LogP contribution is 2.23. The van der Waals surface area contributed by atoms with Crippen molar-refractivity contribution in [2.45, 2.75) is 12.6 Å². The maximum absolute atomic E-state index is 11.9. The fourth-order valence-corrected chi connectivity index (χ4v) is 0.562. The normalized spacial score (nSPS) is 13.7. The predicted octanol–water partition coefficient (Wildman–Crippen LogP) is 0.758. The predicted molar refractivity (Wildman–Crippen MR) is 39.4 cm³/mol. The van der Waals surface area contributed by atoms with Gasteiger partial charge in [0, 0.05) is 6.42 Å². The molecule has 0 aliphatic heterocycles. The maximum atomic E-state index is 11.9. The average molecular weight is 181 g/mol. The molecule has 0 aromatic rings. The first-order valence-electron chi connectivity index (χ1n) is 3.06. The van der Waals surface area contributed by atoms with E-state index in [1.807, 2.05) is 5.43 Å². The molecular formula is C6H10F3N3. The van der Waals surface area contributed by atoms with Gasteiger partial charge in [-0.25, -0.2) is 0 Å². The summed E-state index contributed by atoms with van der Waals surface area (Å²) >= 11 is 0. The van der Waals surface area contributed by atoms with Crippen LogP contribution in [0.2, 0.25) is 0 Å². The standard InChI is InChI=1S/C6H10F3N3/c1-2-3-4(12-11)5(10)6(7,8)9/h2,12H,1,3,10-11H2/b5-4-. The van der Waals surface area contributed by atoms with Crippen LogP contribution in [0.5, 0.6) is 0 Å². The fourth-order valence-electron chi connectivity index (χ4n) is 0.562. The molecule has 0 spiro atoms. The molecule has 5 N–H and O–H groups in total. The molecule has 0 unspecified atom stereocenters. The molecule has 0 aliphatic carbocycles. The van der Waals surface area contributed by atoms with Gasteiger partial charge in [0.2, 0.25) is 0 Å². The molecular weight excluding hydrogens is 171 g/mol. The Bertz CT molecular complexity index is 195. The lowest BCUT2D eigenvalue weighted by molar-refractivity contribution is -0.0939. The molecule has 0 radical (unpaired) electrons. The van der Waals surface area contributed by atoms with Crippen LogP contribution < -0.4 is 17.0 Å². The first-order valence-corrected chi connectivity index (χ1v) is 3.06. The van der Waals surface area contributed by atoms with E-state index >= 15 is 0 Å². The summed E-state index contributed by atoms with van der Waals surface area (Å²) in [7, 11) is 0. The molecule has 0 atom stereocenters. The number of halogens is 3. The number of nitrogens with one attached hydrogen (secondary N) is 1. The highest BCUT2D eigenvalue weighted by Gasteiger charge is 2.33. The molecule has 12 heavy (non-hydrogen) atoms. The van der Waals surface area contributed by atoms with Crippen LogP contribution in [0.4, 0.5) is 13.2 Å². The molecule has 0 saturated carbocycles. The highest BCUT2D eigenvalue weighted by atomic mass is 19.4. The summed E-state index contributed by atoms with van der Waals surface area (Å²) < 4.78 is 35.7. The van der Waals surface area contributed by atoms with Gasteiger partial charge in [-0.15, -0.1) is 6.58 Å². The third-order valence-corrected chi connectivity index (χ3v) is 1.15. The zero-order chi connectivity index (χ0) is 9.78.